The minimum absolute atomic E-state index is 0.0636. The zero-order valence-electron chi connectivity index (χ0n) is 5.20. The van der Waals surface area contributed by atoms with Crippen molar-refractivity contribution in [2.75, 3.05) is 7.05 Å². The van der Waals surface area contributed by atoms with E-state index in [1.165, 1.54) is 7.05 Å². The number of hydrogen-bond acceptors (Lipinski definition) is 4. The molecule has 0 unspecified atom stereocenters. The second-order valence-corrected chi connectivity index (χ2v) is 1.19. The van der Waals surface area contributed by atoms with Crippen LogP contribution in [-0.4, -0.2) is 30.4 Å². The number of amidine groups is 1. The summed E-state index contributed by atoms with van der Waals surface area (Å²) in [5.41, 5.74) is 1.80. The van der Waals surface area contributed by atoms with Gasteiger partial charge in [0.1, 0.15) is 0 Å². The molecule has 0 aliphatic carbocycles. The lowest BCUT2D eigenvalue weighted by Gasteiger charge is -1.98. The number of carbonyl (C=O) groups excluding carboxylic acids is 1. The molecule has 0 aromatic heterocycles. The van der Waals surface area contributed by atoms with E-state index in [2.05, 4.69) is 9.83 Å². The van der Waals surface area contributed by atoms with E-state index in [-0.39, 0.29) is 6.47 Å². The Bertz CT molecular complexity index is 165. The van der Waals surface area contributed by atoms with Crippen LogP contribution >= 0.6 is 0 Å². The van der Waals surface area contributed by atoms with Crippen LogP contribution in [0.5, 0.6) is 0 Å². The molecule has 0 saturated carbocycles. The molecule has 6 heteroatoms. The normalized spacial score (nSPS) is 10.3. The molecule has 56 valence electrons. The fraction of sp³-hybridized carbons (Fsp3) is 0.250. The van der Waals surface area contributed by atoms with Crippen molar-refractivity contribution >= 4 is 18.3 Å². The number of carbonyl (C=O) groups is 2. The van der Waals surface area contributed by atoms with Crippen molar-refractivity contribution in [3.8, 4) is 0 Å². The molecule has 6 nitrogen and oxygen atoms in total. The van der Waals surface area contributed by atoms with Crippen LogP contribution in [0.2, 0.25) is 0 Å². The Balaban J connectivity index is 3.85. The van der Waals surface area contributed by atoms with Gasteiger partial charge in [-0.1, -0.05) is 0 Å². The number of carboxylic acids is 1. The predicted molar refractivity (Wildman–Crippen MR) is 31.3 cm³/mol. The van der Waals surface area contributed by atoms with Crippen LogP contribution < -0.4 is 5.48 Å². The van der Waals surface area contributed by atoms with Gasteiger partial charge in [-0.2, -0.15) is 5.48 Å². The molecule has 0 aliphatic rings. The third-order valence-corrected chi connectivity index (χ3v) is 0.630. The second kappa shape index (κ2) is 4.30. The maximum Gasteiger partial charge on any atom is 0.374 e. The Labute approximate surface area is 56.5 Å². The van der Waals surface area contributed by atoms with E-state index in [9.17, 15) is 9.59 Å². The van der Waals surface area contributed by atoms with Gasteiger partial charge in [0.25, 0.3) is 0 Å². The van der Waals surface area contributed by atoms with Gasteiger partial charge in [0.15, 0.2) is 0 Å². The van der Waals surface area contributed by atoms with E-state index in [0.29, 0.717) is 0 Å². The minimum atomic E-state index is -1.29. The van der Waals surface area contributed by atoms with E-state index < -0.39 is 11.8 Å². The molecule has 0 aromatic carbocycles. The fourth-order valence-electron chi connectivity index (χ4n) is 0.265. The number of nitrogens with one attached hydrogen (secondary N) is 1. The highest BCUT2D eigenvalue weighted by molar-refractivity contribution is 6.34. The first-order valence-electron chi connectivity index (χ1n) is 2.27. The molecule has 0 aromatic rings. The molecule has 0 heterocycles. The van der Waals surface area contributed by atoms with Gasteiger partial charge in [-0.3, -0.25) is 9.79 Å². The second-order valence-electron chi connectivity index (χ2n) is 1.19. The molecule has 0 saturated heterocycles. The number of rotatable bonds is 2. The summed E-state index contributed by atoms with van der Waals surface area (Å²) in [5.74, 6) is -1.71. The molecular formula is C4H6N2O4. The van der Waals surface area contributed by atoms with Crippen molar-refractivity contribution in [3.63, 3.8) is 0 Å². The van der Waals surface area contributed by atoms with Crippen LogP contribution in [0.1, 0.15) is 0 Å². The van der Waals surface area contributed by atoms with Gasteiger partial charge in [-0.15, -0.1) is 0 Å². The number of aliphatic carboxylic acids is 1. The summed E-state index contributed by atoms with van der Waals surface area (Å²) in [4.78, 5) is 26.7. The van der Waals surface area contributed by atoms with Crippen LogP contribution in [0, 0.1) is 0 Å². The number of nitrogens with zero attached hydrogens (tertiary/aromatic N) is 1. The average Bonchev–Trinajstić information content (AvgIpc) is 1.89. The SMILES string of the molecule is CN=C(NOC=O)C(=O)O. The smallest absolute Gasteiger partial charge is 0.374 e. The largest absolute Gasteiger partial charge is 0.475 e. The fourth-order valence-corrected chi connectivity index (χ4v) is 0.265. The molecule has 0 amide bonds. The van der Waals surface area contributed by atoms with Crippen LogP contribution in [0.15, 0.2) is 4.99 Å². The molecule has 0 bridgehead atoms. The summed E-state index contributed by atoms with van der Waals surface area (Å²) in [6, 6.07) is 0. The highest BCUT2D eigenvalue weighted by atomic mass is 16.7. The first-order valence-corrected chi connectivity index (χ1v) is 2.27. The van der Waals surface area contributed by atoms with Gasteiger partial charge in [-0.25, -0.2) is 4.79 Å². The van der Waals surface area contributed by atoms with Gasteiger partial charge < -0.3 is 9.94 Å². The van der Waals surface area contributed by atoms with Crippen LogP contribution in [0.25, 0.3) is 0 Å². The van der Waals surface area contributed by atoms with Crippen molar-refractivity contribution in [1.29, 1.82) is 0 Å². The molecule has 0 fully saturated rings. The zero-order valence-corrected chi connectivity index (χ0v) is 5.20. The number of hydrogen-bond donors (Lipinski definition) is 2. The summed E-state index contributed by atoms with van der Waals surface area (Å²) in [6.07, 6.45) is 0. The standard InChI is InChI=1S/C4H6N2O4/c1-5-3(4(8)9)6-10-2-7/h2H,1H3,(H,5,6)(H,8,9). The maximum atomic E-state index is 10.0. The van der Waals surface area contributed by atoms with E-state index in [4.69, 9.17) is 5.11 Å². The van der Waals surface area contributed by atoms with Crippen molar-refractivity contribution in [2.45, 2.75) is 0 Å². The monoisotopic (exact) mass is 146 g/mol. The lowest BCUT2D eigenvalue weighted by molar-refractivity contribution is -0.134. The third kappa shape index (κ3) is 2.65. The van der Waals surface area contributed by atoms with Crippen LogP contribution in [-0.2, 0) is 14.4 Å². The molecule has 10 heavy (non-hydrogen) atoms. The first-order chi connectivity index (χ1) is 4.72. The van der Waals surface area contributed by atoms with E-state index in [0.717, 1.165) is 0 Å². The van der Waals surface area contributed by atoms with E-state index >= 15 is 0 Å². The van der Waals surface area contributed by atoms with Gasteiger partial charge in [0, 0.05) is 7.05 Å². The lowest BCUT2D eigenvalue weighted by Crippen LogP contribution is -2.30. The van der Waals surface area contributed by atoms with Crippen molar-refractivity contribution in [3.05, 3.63) is 0 Å². The third-order valence-electron chi connectivity index (χ3n) is 0.630. The zero-order chi connectivity index (χ0) is 7.98. The van der Waals surface area contributed by atoms with Gasteiger partial charge in [0.05, 0.1) is 0 Å². The first kappa shape index (κ1) is 8.41. The average molecular weight is 146 g/mol. The van der Waals surface area contributed by atoms with Crippen LogP contribution in [0.3, 0.4) is 0 Å². The Hall–Kier alpha value is -1.59. The number of aliphatic imine (C=N–C) groups is 1. The van der Waals surface area contributed by atoms with Crippen molar-refractivity contribution < 1.29 is 19.5 Å². The summed E-state index contributed by atoms with van der Waals surface area (Å²) in [7, 11) is 1.25. The van der Waals surface area contributed by atoms with Gasteiger partial charge in [-0.05, 0) is 0 Å². The Morgan fingerprint density at radius 1 is 1.80 bits per heavy atom. The molecule has 0 aliphatic heterocycles. The van der Waals surface area contributed by atoms with Crippen LogP contribution in [0.4, 0.5) is 0 Å². The minimum Gasteiger partial charge on any atom is -0.475 e. The molecule has 0 rings (SSSR count). The number of carboxylic acid groups (broad SMARTS) is 1. The van der Waals surface area contributed by atoms with E-state index in [1.807, 2.05) is 0 Å². The molecule has 2 N–H and O–H groups in total. The summed E-state index contributed by atoms with van der Waals surface area (Å²) < 4.78 is 0. The molecule has 0 atom stereocenters. The summed E-state index contributed by atoms with van der Waals surface area (Å²) in [6.45, 7) is 0.0636. The van der Waals surface area contributed by atoms with E-state index in [1.54, 1.807) is 5.48 Å². The highest BCUT2D eigenvalue weighted by Gasteiger charge is 2.06. The highest BCUT2D eigenvalue weighted by Crippen LogP contribution is 1.70. The van der Waals surface area contributed by atoms with Crippen molar-refractivity contribution in [1.82, 2.24) is 5.48 Å². The molecular weight excluding hydrogens is 140 g/mol. The topological polar surface area (TPSA) is 88.0 Å². The summed E-state index contributed by atoms with van der Waals surface area (Å²) in [5, 5.41) is 8.21. The number of hydroxylamine groups is 1. The predicted octanol–water partition coefficient (Wildman–Crippen LogP) is -1.22. The molecule has 0 radical (unpaired) electrons. The van der Waals surface area contributed by atoms with Gasteiger partial charge in [0.2, 0.25) is 5.84 Å². The Kier molecular flexibility index (Phi) is 3.62. The lowest BCUT2D eigenvalue weighted by atomic mass is 10.6. The maximum absolute atomic E-state index is 10.0. The quantitative estimate of drug-likeness (QED) is 0.220. The summed E-state index contributed by atoms with van der Waals surface area (Å²) >= 11 is 0. The van der Waals surface area contributed by atoms with Crippen molar-refractivity contribution in [2.24, 2.45) is 4.99 Å². The Morgan fingerprint density at radius 3 is 2.70 bits per heavy atom. The molecule has 0 spiro atoms. The van der Waals surface area contributed by atoms with Gasteiger partial charge >= 0.3 is 12.4 Å². The Morgan fingerprint density at radius 2 is 2.40 bits per heavy atom.